The van der Waals surface area contributed by atoms with Crippen LogP contribution in [0.5, 0.6) is 0 Å². The van der Waals surface area contributed by atoms with Crippen LogP contribution in [0, 0.1) is 0 Å². The minimum Gasteiger partial charge on any atom is -0.377 e. The summed E-state index contributed by atoms with van der Waals surface area (Å²) in [6.45, 7) is 6.99. The van der Waals surface area contributed by atoms with Crippen molar-refractivity contribution in [2.24, 2.45) is 5.84 Å². The summed E-state index contributed by atoms with van der Waals surface area (Å²) < 4.78 is 5.45. The van der Waals surface area contributed by atoms with Crippen LogP contribution in [0.2, 0.25) is 0 Å². The fraction of sp³-hybridized carbons (Fsp3) is 0.571. The number of amides is 1. The predicted molar refractivity (Wildman–Crippen MR) is 79.5 cm³/mol. The van der Waals surface area contributed by atoms with Crippen molar-refractivity contribution in [3.8, 4) is 0 Å². The average Bonchev–Trinajstić information content (AvgIpc) is 2.45. The zero-order chi connectivity index (χ0) is 15.1. The van der Waals surface area contributed by atoms with Crippen molar-refractivity contribution < 1.29 is 9.53 Å². The van der Waals surface area contributed by atoms with Gasteiger partial charge in [-0.1, -0.05) is 6.92 Å². The van der Waals surface area contributed by atoms with E-state index in [0.717, 1.165) is 12.1 Å². The molecular weight excluding hydrogens is 256 g/mol. The van der Waals surface area contributed by atoms with Gasteiger partial charge < -0.3 is 15.1 Å². The van der Waals surface area contributed by atoms with Gasteiger partial charge in [0.15, 0.2) is 0 Å². The molecule has 1 rings (SSSR count). The van der Waals surface area contributed by atoms with E-state index in [4.69, 9.17) is 10.6 Å². The normalized spacial score (nSPS) is 10.7. The molecule has 1 heterocycles. The van der Waals surface area contributed by atoms with Crippen molar-refractivity contribution >= 4 is 11.7 Å². The van der Waals surface area contributed by atoms with Gasteiger partial charge in [-0.15, -0.1) is 0 Å². The van der Waals surface area contributed by atoms with E-state index in [1.165, 1.54) is 0 Å². The number of hydrazine groups is 1. The van der Waals surface area contributed by atoms with E-state index in [-0.39, 0.29) is 12.0 Å². The lowest BCUT2D eigenvalue weighted by atomic mass is 10.1. The van der Waals surface area contributed by atoms with Gasteiger partial charge in [-0.25, -0.2) is 10.8 Å². The third kappa shape index (κ3) is 4.79. The van der Waals surface area contributed by atoms with Gasteiger partial charge >= 0.3 is 0 Å². The highest BCUT2D eigenvalue weighted by molar-refractivity contribution is 5.94. The number of anilines is 1. The van der Waals surface area contributed by atoms with Gasteiger partial charge in [-0.2, -0.15) is 0 Å². The molecule has 6 nitrogen and oxygen atoms in total. The Morgan fingerprint density at radius 2 is 2.20 bits per heavy atom. The molecule has 1 amide bonds. The summed E-state index contributed by atoms with van der Waals surface area (Å²) in [5.74, 6) is 5.81. The number of nitrogens with two attached hydrogens (primary N) is 1. The lowest BCUT2D eigenvalue weighted by Gasteiger charge is -2.18. The lowest BCUT2D eigenvalue weighted by molar-refractivity contribution is 0.0532. The average molecular weight is 280 g/mol. The zero-order valence-corrected chi connectivity index (χ0v) is 12.6. The Hall–Kier alpha value is -1.66. The third-order valence-corrected chi connectivity index (χ3v) is 2.86. The van der Waals surface area contributed by atoms with Crippen LogP contribution < -0.4 is 11.3 Å². The maximum absolute atomic E-state index is 12.3. The Labute approximate surface area is 120 Å². The molecule has 3 N–H and O–H groups in total. The van der Waals surface area contributed by atoms with Crippen molar-refractivity contribution in [2.75, 3.05) is 25.6 Å². The minimum atomic E-state index is -0.0639. The van der Waals surface area contributed by atoms with E-state index in [2.05, 4.69) is 10.4 Å². The molecule has 112 valence electrons. The molecule has 20 heavy (non-hydrogen) atoms. The summed E-state index contributed by atoms with van der Waals surface area (Å²) in [4.78, 5) is 18.2. The SMILES string of the molecule is CCc1cc(C(=O)N(C)CCOC(C)C)cc(NN)n1. The molecule has 6 heteroatoms. The Morgan fingerprint density at radius 3 is 2.75 bits per heavy atom. The highest BCUT2D eigenvalue weighted by Gasteiger charge is 2.14. The number of carbonyl (C=O) groups is 1. The van der Waals surface area contributed by atoms with Crippen LogP contribution >= 0.6 is 0 Å². The number of nitrogen functional groups attached to an aromatic ring is 1. The fourth-order valence-electron chi connectivity index (χ4n) is 1.71. The van der Waals surface area contributed by atoms with Crippen molar-refractivity contribution in [2.45, 2.75) is 33.3 Å². The van der Waals surface area contributed by atoms with Gasteiger partial charge in [0, 0.05) is 24.8 Å². The van der Waals surface area contributed by atoms with Crippen LogP contribution in [0.25, 0.3) is 0 Å². The first-order chi connectivity index (χ1) is 9.47. The Morgan fingerprint density at radius 1 is 1.50 bits per heavy atom. The minimum absolute atomic E-state index is 0.0639. The first kappa shape index (κ1) is 16.4. The Bertz CT molecular complexity index is 427. The summed E-state index contributed by atoms with van der Waals surface area (Å²) in [6, 6.07) is 3.45. The predicted octanol–water partition coefficient (Wildman–Crippen LogP) is 1.43. The van der Waals surface area contributed by atoms with Gasteiger partial charge in [-0.3, -0.25) is 4.79 Å². The highest BCUT2D eigenvalue weighted by Crippen LogP contribution is 2.12. The second-order valence-corrected chi connectivity index (χ2v) is 4.88. The summed E-state index contributed by atoms with van der Waals surface area (Å²) in [6.07, 6.45) is 0.912. The van der Waals surface area contributed by atoms with E-state index in [0.29, 0.717) is 24.5 Å². The summed E-state index contributed by atoms with van der Waals surface area (Å²) >= 11 is 0. The molecular formula is C14H24N4O2. The molecule has 0 spiro atoms. The van der Waals surface area contributed by atoms with Crippen molar-refractivity contribution in [3.05, 3.63) is 23.4 Å². The topological polar surface area (TPSA) is 80.5 Å². The molecule has 0 atom stereocenters. The molecule has 0 saturated heterocycles. The van der Waals surface area contributed by atoms with Gasteiger partial charge in [0.1, 0.15) is 5.82 Å². The maximum atomic E-state index is 12.3. The molecule has 0 saturated carbocycles. The summed E-state index contributed by atoms with van der Waals surface area (Å²) in [5, 5.41) is 0. The van der Waals surface area contributed by atoms with E-state index in [1.807, 2.05) is 20.8 Å². The molecule has 0 aliphatic rings. The molecule has 0 fully saturated rings. The van der Waals surface area contributed by atoms with Crippen molar-refractivity contribution in [1.29, 1.82) is 0 Å². The number of carbonyl (C=O) groups excluding carboxylic acids is 1. The molecule has 0 bridgehead atoms. The summed E-state index contributed by atoms with van der Waals surface area (Å²) in [5.41, 5.74) is 3.90. The van der Waals surface area contributed by atoms with Crippen molar-refractivity contribution in [1.82, 2.24) is 9.88 Å². The van der Waals surface area contributed by atoms with Crippen molar-refractivity contribution in [3.63, 3.8) is 0 Å². The first-order valence-corrected chi connectivity index (χ1v) is 6.82. The van der Waals surface area contributed by atoms with E-state index >= 15 is 0 Å². The van der Waals surface area contributed by atoms with Crippen LogP contribution in [0.15, 0.2) is 12.1 Å². The van der Waals surface area contributed by atoms with Crippen LogP contribution in [0.3, 0.4) is 0 Å². The number of nitrogens with zero attached hydrogens (tertiary/aromatic N) is 2. The number of hydrogen-bond acceptors (Lipinski definition) is 5. The Balaban J connectivity index is 2.75. The number of ether oxygens (including phenoxy) is 1. The summed E-state index contributed by atoms with van der Waals surface area (Å²) in [7, 11) is 1.76. The Kier molecular flexibility index (Phi) is 6.41. The van der Waals surface area contributed by atoms with Crippen LogP contribution in [0.1, 0.15) is 36.8 Å². The van der Waals surface area contributed by atoms with E-state index in [1.54, 1.807) is 24.1 Å². The van der Waals surface area contributed by atoms with Crippen LogP contribution in [-0.2, 0) is 11.2 Å². The number of hydrogen-bond donors (Lipinski definition) is 2. The number of aryl methyl sites for hydroxylation is 1. The number of rotatable bonds is 7. The molecule has 0 radical (unpaired) electrons. The van der Waals surface area contributed by atoms with Gasteiger partial charge in [0.05, 0.1) is 12.7 Å². The first-order valence-electron chi connectivity index (χ1n) is 6.82. The van der Waals surface area contributed by atoms with Gasteiger partial charge in [0.2, 0.25) is 0 Å². The molecule has 0 aliphatic heterocycles. The largest absolute Gasteiger partial charge is 0.377 e. The molecule has 1 aromatic rings. The third-order valence-electron chi connectivity index (χ3n) is 2.86. The monoisotopic (exact) mass is 280 g/mol. The second kappa shape index (κ2) is 7.81. The van der Waals surface area contributed by atoms with Gasteiger partial charge in [0.25, 0.3) is 5.91 Å². The quantitative estimate of drug-likeness (QED) is 0.583. The standard InChI is InChI=1S/C14H24N4O2/c1-5-12-8-11(9-13(16-12)17-15)14(19)18(4)6-7-20-10(2)3/h8-10H,5-7,15H2,1-4H3,(H,16,17). The van der Waals surface area contributed by atoms with E-state index < -0.39 is 0 Å². The number of aromatic nitrogens is 1. The second-order valence-electron chi connectivity index (χ2n) is 4.88. The van der Waals surface area contributed by atoms with Crippen LogP contribution in [-0.4, -0.2) is 42.1 Å². The lowest BCUT2D eigenvalue weighted by Crippen LogP contribution is -2.31. The fourth-order valence-corrected chi connectivity index (χ4v) is 1.71. The number of nitrogens with one attached hydrogen (secondary N) is 1. The van der Waals surface area contributed by atoms with Gasteiger partial charge in [-0.05, 0) is 32.4 Å². The smallest absolute Gasteiger partial charge is 0.253 e. The number of pyridine rings is 1. The highest BCUT2D eigenvalue weighted by atomic mass is 16.5. The van der Waals surface area contributed by atoms with Crippen LogP contribution in [0.4, 0.5) is 5.82 Å². The molecule has 0 aromatic carbocycles. The maximum Gasteiger partial charge on any atom is 0.253 e. The molecule has 0 aliphatic carbocycles. The zero-order valence-electron chi connectivity index (χ0n) is 12.6. The number of likely N-dealkylation sites (N-methyl/N-ethyl adjacent to an activating group) is 1. The molecule has 0 unspecified atom stereocenters. The molecule has 1 aromatic heterocycles. The van der Waals surface area contributed by atoms with E-state index in [9.17, 15) is 4.79 Å².